The molecular formula is C23H18FN2O2+. The maximum atomic E-state index is 14.2. The largest absolute Gasteiger partial charge is 0.344 e. The number of hydrogen-bond acceptors (Lipinski definition) is 3. The van der Waals surface area contributed by atoms with Crippen molar-refractivity contribution in [2.75, 3.05) is 5.32 Å². The topological polar surface area (TPSA) is 50.1 Å². The zero-order valence-electron chi connectivity index (χ0n) is 15.5. The molecule has 0 spiro atoms. The van der Waals surface area contributed by atoms with Gasteiger partial charge in [-0.2, -0.15) is 4.57 Å². The number of ketones is 2. The molecule has 1 aliphatic rings. The van der Waals surface area contributed by atoms with Crippen LogP contribution in [-0.4, -0.2) is 11.6 Å². The number of rotatable bonds is 3. The molecule has 1 N–H and O–H groups in total. The zero-order chi connectivity index (χ0) is 19.8. The monoisotopic (exact) mass is 373 g/mol. The Morgan fingerprint density at radius 3 is 2.04 bits per heavy atom. The van der Waals surface area contributed by atoms with Gasteiger partial charge in [0.25, 0.3) is 11.5 Å². The number of Topliss-reactive ketones (excluding diaryl/α,β-unsaturated/α-hetero) is 2. The lowest BCUT2D eigenvalue weighted by Gasteiger charge is -2.19. The number of benzene rings is 2. The molecule has 3 aromatic rings. The number of hydrogen-bond donors (Lipinski definition) is 1. The van der Waals surface area contributed by atoms with Crippen molar-refractivity contribution in [2.45, 2.75) is 13.8 Å². The molecule has 0 amide bonds. The van der Waals surface area contributed by atoms with E-state index in [2.05, 4.69) is 5.32 Å². The number of carbonyl (C=O) groups excluding carboxylic acids is 2. The Labute approximate surface area is 162 Å². The molecule has 5 heteroatoms. The fourth-order valence-corrected chi connectivity index (χ4v) is 3.46. The van der Waals surface area contributed by atoms with Gasteiger partial charge in [-0.1, -0.05) is 36.4 Å². The molecule has 1 aromatic heterocycles. The van der Waals surface area contributed by atoms with E-state index in [0.717, 1.165) is 11.1 Å². The van der Waals surface area contributed by atoms with Gasteiger partial charge < -0.3 is 5.32 Å². The van der Waals surface area contributed by atoms with Gasteiger partial charge >= 0.3 is 0 Å². The van der Waals surface area contributed by atoms with Crippen molar-refractivity contribution in [1.82, 2.24) is 0 Å². The Balaban J connectivity index is 1.97. The van der Waals surface area contributed by atoms with Crippen LogP contribution in [0.5, 0.6) is 0 Å². The summed E-state index contributed by atoms with van der Waals surface area (Å²) in [4.78, 5) is 26.5. The first kappa shape index (κ1) is 17.8. The fourth-order valence-electron chi connectivity index (χ4n) is 3.46. The molecule has 1 aliphatic carbocycles. The lowest BCUT2D eigenvalue weighted by molar-refractivity contribution is -0.578. The average molecular weight is 373 g/mol. The van der Waals surface area contributed by atoms with Crippen LogP contribution >= 0.6 is 0 Å². The van der Waals surface area contributed by atoms with E-state index >= 15 is 0 Å². The predicted molar refractivity (Wildman–Crippen MR) is 104 cm³/mol. The first-order chi connectivity index (χ1) is 13.5. The summed E-state index contributed by atoms with van der Waals surface area (Å²) in [6.07, 6.45) is 3.56. The van der Waals surface area contributed by atoms with Crippen LogP contribution < -0.4 is 9.88 Å². The zero-order valence-corrected chi connectivity index (χ0v) is 15.5. The standard InChI is InChI=1S/C23H17FN2O2/c1-14-11-15(2)13-26(12-14)21-20(25-19-10-6-5-9-18(19)24)22(27)16-7-3-4-8-17(16)23(21)28/h3-13H,1-2H3/p+1. The number of pyridine rings is 1. The van der Waals surface area contributed by atoms with Gasteiger partial charge in [-0.15, -0.1) is 0 Å². The van der Waals surface area contributed by atoms with Gasteiger partial charge in [0.15, 0.2) is 18.1 Å². The van der Waals surface area contributed by atoms with Crippen LogP contribution in [-0.2, 0) is 0 Å². The third kappa shape index (κ3) is 3.01. The molecule has 28 heavy (non-hydrogen) atoms. The van der Waals surface area contributed by atoms with E-state index in [0.29, 0.717) is 11.1 Å². The van der Waals surface area contributed by atoms with E-state index in [4.69, 9.17) is 0 Å². The maximum absolute atomic E-state index is 14.2. The summed E-state index contributed by atoms with van der Waals surface area (Å²) in [7, 11) is 0. The quantitative estimate of drug-likeness (QED) is 0.704. The van der Waals surface area contributed by atoms with Gasteiger partial charge in [-0.25, -0.2) is 4.39 Å². The SMILES string of the molecule is Cc1cc(C)c[n+](C2=C(Nc3ccccc3F)C(=O)c3ccccc3C2=O)c1. The maximum Gasteiger partial charge on any atom is 0.286 e. The Kier molecular flexibility index (Phi) is 4.35. The molecule has 0 saturated heterocycles. The van der Waals surface area contributed by atoms with Gasteiger partial charge in [0.05, 0.1) is 5.69 Å². The van der Waals surface area contributed by atoms with E-state index in [1.54, 1.807) is 53.4 Å². The molecule has 2 aromatic carbocycles. The minimum Gasteiger partial charge on any atom is -0.344 e. The highest BCUT2D eigenvalue weighted by Crippen LogP contribution is 2.28. The van der Waals surface area contributed by atoms with Crippen LogP contribution in [0.4, 0.5) is 10.1 Å². The van der Waals surface area contributed by atoms with Crippen molar-refractivity contribution in [1.29, 1.82) is 0 Å². The van der Waals surface area contributed by atoms with Crippen LogP contribution in [0.1, 0.15) is 31.8 Å². The molecule has 4 rings (SSSR count). The second kappa shape index (κ2) is 6.85. The van der Waals surface area contributed by atoms with E-state index in [9.17, 15) is 14.0 Å². The van der Waals surface area contributed by atoms with Gasteiger partial charge in [0.1, 0.15) is 5.82 Å². The Bertz CT molecular complexity index is 1140. The number of carbonyl (C=O) groups is 2. The molecular weight excluding hydrogens is 355 g/mol. The minimum atomic E-state index is -0.501. The normalized spacial score (nSPS) is 13.5. The molecule has 0 fully saturated rings. The third-order valence-corrected chi connectivity index (χ3v) is 4.63. The molecule has 1 heterocycles. The van der Waals surface area contributed by atoms with Gasteiger partial charge in [0.2, 0.25) is 5.78 Å². The van der Waals surface area contributed by atoms with Crippen LogP contribution in [0.15, 0.2) is 72.7 Å². The van der Waals surface area contributed by atoms with Crippen LogP contribution in [0.2, 0.25) is 0 Å². The van der Waals surface area contributed by atoms with Crippen molar-refractivity contribution < 1.29 is 18.5 Å². The number of allylic oxidation sites excluding steroid dienone is 2. The average Bonchev–Trinajstić information content (AvgIpc) is 2.67. The number of para-hydroxylation sites is 1. The van der Waals surface area contributed by atoms with E-state index in [-0.39, 0.29) is 28.6 Å². The fraction of sp³-hybridized carbons (Fsp3) is 0.0870. The summed E-state index contributed by atoms with van der Waals surface area (Å²) in [6, 6.07) is 14.7. The predicted octanol–water partition coefficient (Wildman–Crippen LogP) is 4.09. The van der Waals surface area contributed by atoms with Crippen molar-refractivity contribution in [2.24, 2.45) is 0 Å². The second-order valence-electron chi connectivity index (χ2n) is 6.83. The van der Waals surface area contributed by atoms with E-state index in [1.807, 2.05) is 19.9 Å². The number of anilines is 1. The molecule has 138 valence electrons. The summed E-state index contributed by atoms with van der Waals surface area (Å²) in [6.45, 7) is 3.83. The number of aryl methyl sites for hydroxylation is 2. The molecule has 0 saturated carbocycles. The Hall–Kier alpha value is -3.60. The van der Waals surface area contributed by atoms with Crippen molar-refractivity contribution in [3.05, 3.63) is 101 Å². The summed E-state index contributed by atoms with van der Waals surface area (Å²) in [5.41, 5.74) is 2.91. The highest BCUT2D eigenvalue weighted by atomic mass is 19.1. The molecule has 0 atom stereocenters. The van der Waals surface area contributed by atoms with Crippen LogP contribution in [0, 0.1) is 19.7 Å². The second-order valence-corrected chi connectivity index (χ2v) is 6.83. The lowest BCUT2D eigenvalue weighted by atomic mass is 9.90. The lowest BCUT2D eigenvalue weighted by Crippen LogP contribution is -2.42. The van der Waals surface area contributed by atoms with Gasteiger partial charge in [-0.3, -0.25) is 9.59 Å². The highest BCUT2D eigenvalue weighted by Gasteiger charge is 2.39. The van der Waals surface area contributed by atoms with Gasteiger partial charge in [0, 0.05) is 22.3 Å². The van der Waals surface area contributed by atoms with Crippen LogP contribution in [0.3, 0.4) is 0 Å². The summed E-state index contributed by atoms with van der Waals surface area (Å²) < 4.78 is 15.9. The summed E-state index contributed by atoms with van der Waals surface area (Å²) >= 11 is 0. The summed E-state index contributed by atoms with van der Waals surface area (Å²) in [5, 5.41) is 2.87. The molecule has 0 bridgehead atoms. The van der Waals surface area contributed by atoms with E-state index < -0.39 is 5.82 Å². The van der Waals surface area contributed by atoms with Crippen molar-refractivity contribution in [3.63, 3.8) is 0 Å². The smallest absolute Gasteiger partial charge is 0.286 e. The summed E-state index contributed by atoms with van der Waals surface area (Å²) in [5.74, 6) is -1.14. The van der Waals surface area contributed by atoms with Crippen molar-refractivity contribution >= 4 is 23.0 Å². The number of fused-ring (bicyclic) bond motifs is 1. The molecule has 0 aliphatic heterocycles. The molecule has 0 unspecified atom stereocenters. The molecule has 4 nitrogen and oxygen atoms in total. The Morgan fingerprint density at radius 1 is 0.821 bits per heavy atom. The van der Waals surface area contributed by atoms with Crippen LogP contribution in [0.25, 0.3) is 5.70 Å². The van der Waals surface area contributed by atoms with E-state index in [1.165, 1.54) is 12.1 Å². The Morgan fingerprint density at radius 2 is 1.39 bits per heavy atom. The number of nitrogens with one attached hydrogen (secondary N) is 1. The van der Waals surface area contributed by atoms with Crippen molar-refractivity contribution in [3.8, 4) is 0 Å². The third-order valence-electron chi connectivity index (χ3n) is 4.63. The number of aromatic nitrogens is 1. The highest BCUT2D eigenvalue weighted by molar-refractivity contribution is 6.36. The van der Waals surface area contributed by atoms with Gasteiger partial charge in [-0.05, 0) is 32.0 Å². The minimum absolute atomic E-state index is 0.0591. The number of halogens is 1. The first-order valence-electron chi connectivity index (χ1n) is 8.90. The molecule has 0 radical (unpaired) electrons. The number of nitrogens with zero attached hydrogens (tertiary/aromatic N) is 1. The first-order valence-corrected chi connectivity index (χ1v) is 8.90.